The molecule has 1 aromatic carbocycles. The van der Waals surface area contributed by atoms with Gasteiger partial charge in [0, 0.05) is 28.2 Å². The van der Waals surface area contributed by atoms with Crippen molar-refractivity contribution >= 4 is 23.2 Å². The van der Waals surface area contributed by atoms with Crippen molar-refractivity contribution in [2.45, 2.75) is 43.9 Å². The average molecular weight is 286 g/mol. The molecule has 1 aromatic rings. The van der Waals surface area contributed by atoms with E-state index in [1.54, 1.807) is 0 Å². The van der Waals surface area contributed by atoms with Crippen molar-refractivity contribution < 1.29 is 5.11 Å². The van der Waals surface area contributed by atoms with E-state index in [0.717, 1.165) is 54.4 Å². The molecule has 2 fully saturated rings. The summed E-state index contributed by atoms with van der Waals surface area (Å²) in [7, 11) is 0. The third kappa shape index (κ3) is 2.27. The van der Waals surface area contributed by atoms with E-state index in [-0.39, 0.29) is 6.04 Å². The quantitative estimate of drug-likeness (QED) is 0.919. The first-order valence-corrected chi connectivity index (χ1v) is 7.25. The number of benzene rings is 1. The summed E-state index contributed by atoms with van der Waals surface area (Å²) in [6.45, 7) is 1.76. The molecule has 1 saturated carbocycles. The van der Waals surface area contributed by atoms with Crippen molar-refractivity contribution in [1.29, 1.82) is 0 Å². The zero-order chi connectivity index (χ0) is 12.8. The van der Waals surface area contributed by atoms with Gasteiger partial charge in [-0.25, -0.2) is 0 Å². The van der Waals surface area contributed by atoms with E-state index in [9.17, 15) is 5.11 Å². The lowest BCUT2D eigenvalue weighted by Gasteiger charge is -2.29. The molecule has 1 aliphatic heterocycles. The minimum atomic E-state index is -0.440. The molecular formula is C14H17Cl2NO. The Balaban J connectivity index is 1.79. The zero-order valence-corrected chi connectivity index (χ0v) is 11.7. The van der Waals surface area contributed by atoms with Crippen molar-refractivity contribution in [3.8, 4) is 0 Å². The monoisotopic (exact) mass is 285 g/mol. The first-order chi connectivity index (χ1) is 8.60. The van der Waals surface area contributed by atoms with E-state index in [4.69, 9.17) is 23.2 Å². The van der Waals surface area contributed by atoms with Gasteiger partial charge >= 0.3 is 0 Å². The maximum atomic E-state index is 10.3. The van der Waals surface area contributed by atoms with Gasteiger partial charge in [-0.15, -0.1) is 0 Å². The van der Waals surface area contributed by atoms with Gasteiger partial charge < -0.3 is 5.11 Å². The van der Waals surface area contributed by atoms with Gasteiger partial charge in [-0.05, 0) is 44.4 Å². The molecule has 0 aromatic heterocycles. The highest BCUT2D eigenvalue weighted by Gasteiger charge is 2.51. The molecule has 3 rings (SSSR count). The summed E-state index contributed by atoms with van der Waals surface area (Å²) in [6.07, 6.45) is 4.10. The second-order valence-corrected chi connectivity index (χ2v) is 6.25. The third-order valence-electron chi connectivity index (χ3n) is 4.17. The van der Waals surface area contributed by atoms with Crippen LogP contribution < -0.4 is 0 Å². The number of halogens is 2. The summed E-state index contributed by atoms with van der Waals surface area (Å²) in [5, 5.41) is 11.7. The minimum absolute atomic E-state index is 0.282. The summed E-state index contributed by atoms with van der Waals surface area (Å²) < 4.78 is 0. The van der Waals surface area contributed by atoms with Crippen LogP contribution in [0.15, 0.2) is 18.2 Å². The fourth-order valence-electron chi connectivity index (χ4n) is 2.97. The highest BCUT2D eigenvalue weighted by molar-refractivity contribution is 6.35. The number of hydrogen-bond acceptors (Lipinski definition) is 2. The average Bonchev–Trinajstić information content (AvgIpc) is 2.91. The molecule has 0 bridgehead atoms. The van der Waals surface area contributed by atoms with Crippen molar-refractivity contribution in [2.75, 3.05) is 6.54 Å². The third-order valence-corrected chi connectivity index (χ3v) is 4.88. The number of aliphatic hydroxyl groups is 1. The lowest BCUT2D eigenvalue weighted by Crippen LogP contribution is -2.40. The molecule has 1 unspecified atom stereocenters. The Morgan fingerprint density at radius 3 is 2.56 bits per heavy atom. The molecule has 4 heteroatoms. The minimum Gasteiger partial charge on any atom is -0.388 e. The molecule has 1 atom stereocenters. The van der Waals surface area contributed by atoms with Gasteiger partial charge in [0.1, 0.15) is 0 Å². The molecular weight excluding hydrogens is 269 g/mol. The van der Waals surface area contributed by atoms with Crippen LogP contribution in [-0.2, 0) is 6.54 Å². The van der Waals surface area contributed by atoms with E-state index >= 15 is 0 Å². The summed E-state index contributed by atoms with van der Waals surface area (Å²) >= 11 is 12.4. The van der Waals surface area contributed by atoms with Crippen molar-refractivity contribution in [3.63, 3.8) is 0 Å². The number of nitrogens with zero attached hydrogens (tertiary/aromatic N) is 1. The molecule has 1 N–H and O–H groups in total. The maximum Gasteiger partial charge on any atom is 0.0804 e. The molecule has 0 amide bonds. The summed E-state index contributed by atoms with van der Waals surface area (Å²) in [5.74, 6) is 0. The Morgan fingerprint density at radius 2 is 1.94 bits per heavy atom. The van der Waals surface area contributed by atoms with Gasteiger partial charge in [-0.3, -0.25) is 4.90 Å². The Hall–Kier alpha value is -0.280. The number of rotatable bonds is 3. The molecule has 0 radical (unpaired) electrons. The maximum absolute atomic E-state index is 10.3. The van der Waals surface area contributed by atoms with Crippen LogP contribution in [0.2, 0.25) is 10.0 Å². The van der Waals surface area contributed by atoms with Crippen LogP contribution in [-0.4, -0.2) is 28.2 Å². The van der Waals surface area contributed by atoms with E-state index in [1.165, 1.54) is 0 Å². The Bertz CT molecular complexity index is 439. The molecule has 2 aliphatic rings. The number of likely N-dealkylation sites (tertiary alicyclic amines) is 1. The van der Waals surface area contributed by atoms with Crippen molar-refractivity contribution in [1.82, 2.24) is 4.90 Å². The summed E-state index contributed by atoms with van der Waals surface area (Å²) in [5.41, 5.74) is 0.543. The van der Waals surface area contributed by atoms with Gasteiger partial charge in [0.2, 0.25) is 0 Å². The van der Waals surface area contributed by atoms with Crippen LogP contribution in [0.1, 0.15) is 31.2 Å². The Morgan fingerprint density at radius 1 is 1.28 bits per heavy atom. The van der Waals surface area contributed by atoms with Gasteiger partial charge in [0.25, 0.3) is 0 Å². The predicted octanol–water partition coefficient (Wildman–Crippen LogP) is 3.48. The standard InChI is InChI=1S/C14H17Cl2NO/c15-11-3-1-4-12(16)10(11)9-17-8-2-5-13(17)14(18)6-7-14/h1,3-4,13,18H,2,5-9H2. The van der Waals surface area contributed by atoms with Crippen LogP contribution in [0.25, 0.3) is 0 Å². The van der Waals surface area contributed by atoms with Crippen LogP contribution >= 0.6 is 23.2 Å². The van der Waals surface area contributed by atoms with Crippen molar-refractivity contribution in [2.24, 2.45) is 0 Å². The van der Waals surface area contributed by atoms with E-state index in [2.05, 4.69) is 4.90 Å². The summed E-state index contributed by atoms with van der Waals surface area (Å²) in [6, 6.07) is 5.90. The molecule has 2 nitrogen and oxygen atoms in total. The molecule has 1 heterocycles. The SMILES string of the molecule is OC1(C2CCCN2Cc2c(Cl)cccc2Cl)CC1. The Kier molecular flexibility index (Phi) is 3.31. The molecule has 0 spiro atoms. The van der Waals surface area contributed by atoms with Crippen LogP contribution in [0.5, 0.6) is 0 Å². The van der Waals surface area contributed by atoms with Crippen molar-refractivity contribution in [3.05, 3.63) is 33.8 Å². The first-order valence-electron chi connectivity index (χ1n) is 6.49. The van der Waals surface area contributed by atoms with E-state index < -0.39 is 5.60 Å². The fraction of sp³-hybridized carbons (Fsp3) is 0.571. The molecule has 1 aliphatic carbocycles. The normalized spacial score (nSPS) is 26.5. The lowest BCUT2D eigenvalue weighted by molar-refractivity contribution is 0.0481. The van der Waals surface area contributed by atoms with Gasteiger partial charge in [-0.1, -0.05) is 29.3 Å². The predicted molar refractivity (Wildman–Crippen MR) is 74.1 cm³/mol. The van der Waals surface area contributed by atoms with Crippen LogP contribution in [0.4, 0.5) is 0 Å². The van der Waals surface area contributed by atoms with Gasteiger partial charge in [0.15, 0.2) is 0 Å². The van der Waals surface area contributed by atoms with Gasteiger partial charge in [0.05, 0.1) is 5.60 Å². The Labute approximate surface area is 117 Å². The van der Waals surface area contributed by atoms with Crippen LogP contribution in [0, 0.1) is 0 Å². The summed E-state index contributed by atoms with van der Waals surface area (Å²) in [4.78, 5) is 2.33. The second kappa shape index (κ2) is 4.68. The smallest absolute Gasteiger partial charge is 0.0804 e. The van der Waals surface area contributed by atoms with Crippen LogP contribution in [0.3, 0.4) is 0 Å². The zero-order valence-electron chi connectivity index (χ0n) is 10.2. The number of hydrogen-bond donors (Lipinski definition) is 1. The topological polar surface area (TPSA) is 23.5 Å². The molecule has 1 saturated heterocycles. The van der Waals surface area contributed by atoms with E-state index in [1.807, 2.05) is 18.2 Å². The van der Waals surface area contributed by atoms with Gasteiger partial charge in [-0.2, -0.15) is 0 Å². The largest absolute Gasteiger partial charge is 0.388 e. The lowest BCUT2D eigenvalue weighted by atomic mass is 10.1. The highest BCUT2D eigenvalue weighted by Crippen LogP contribution is 2.45. The highest BCUT2D eigenvalue weighted by atomic mass is 35.5. The second-order valence-electron chi connectivity index (χ2n) is 5.43. The fourth-order valence-corrected chi connectivity index (χ4v) is 3.49. The first kappa shape index (κ1) is 12.7. The van der Waals surface area contributed by atoms with E-state index in [0.29, 0.717) is 0 Å². The molecule has 98 valence electrons. The molecule has 18 heavy (non-hydrogen) atoms.